The van der Waals surface area contributed by atoms with Crippen molar-refractivity contribution >= 4 is 28.6 Å². The number of pyridine rings is 1. The van der Waals surface area contributed by atoms with Gasteiger partial charge in [0.1, 0.15) is 11.6 Å². The van der Waals surface area contributed by atoms with Crippen molar-refractivity contribution in [2.75, 3.05) is 5.32 Å². The summed E-state index contributed by atoms with van der Waals surface area (Å²) < 4.78 is 2.20. The van der Waals surface area contributed by atoms with Gasteiger partial charge in [0.2, 0.25) is 0 Å². The highest BCUT2D eigenvalue weighted by molar-refractivity contribution is 6.10. The number of nitrogens with zero attached hydrogens (tertiary/aromatic N) is 3. The van der Waals surface area contributed by atoms with Gasteiger partial charge in [-0.2, -0.15) is 5.26 Å². The number of hydrogen-bond acceptors (Lipinski definition) is 3. The van der Waals surface area contributed by atoms with Crippen molar-refractivity contribution in [3.8, 4) is 6.07 Å². The maximum Gasteiger partial charge on any atom is 0.266 e. The molecule has 3 aromatic rings. The summed E-state index contributed by atoms with van der Waals surface area (Å²) in [5, 5.41) is 13.2. The van der Waals surface area contributed by atoms with Gasteiger partial charge in [-0.15, -0.1) is 0 Å². The van der Waals surface area contributed by atoms with E-state index in [-0.39, 0.29) is 5.57 Å². The minimum Gasteiger partial charge on any atom is -0.349 e. The lowest BCUT2D eigenvalue weighted by Crippen LogP contribution is -2.13. The summed E-state index contributed by atoms with van der Waals surface area (Å²) in [5.74, 6) is -0.435. The Bertz CT molecular complexity index is 1070. The van der Waals surface area contributed by atoms with Crippen LogP contribution in [0.15, 0.2) is 48.2 Å². The summed E-state index contributed by atoms with van der Waals surface area (Å²) >= 11 is 0. The van der Waals surface area contributed by atoms with Gasteiger partial charge >= 0.3 is 0 Å². The van der Waals surface area contributed by atoms with Crippen LogP contribution in [-0.2, 0) is 11.3 Å². The summed E-state index contributed by atoms with van der Waals surface area (Å²) in [6.45, 7) is 7.09. The molecule has 136 valence electrons. The first-order chi connectivity index (χ1) is 13.0. The van der Waals surface area contributed by atoms with Crippen LogP contribution in [0.2, 0.25) is 0 Å². The molecule has 27 heavy (non-hydrogen) atoms. The maximum atomic E-state index is 12.6. The van der Waals surface area contributed by atoms with E-state index < -0.39 is 5.91 Å². The molecule has 0 saturated heterocycles. The third kappa shape index (κ3) is 3.90. The number of fused-ring (bicyclic) bond motifs is 1. The van der Waals surface area contributed by atoms with Gasteiger partial charge in [-0.1, -0.05) is 25.1 Å². The lowest BCUT2D eigenvalue weighted by Gasteiger charge is -2.07. The zero-order chi connectivity index (χ0) is 19.4. The topological polar surface area (TPSA) is 70.7 Å². The SMILES string of the molecule is CCCn1c(C)cc(/C=C(\C#N)C(=O)Nc2cnc3ccccc3c2)c1C. The number of para-hydroxylation sites is 1. The molecule has 3 rings (SSSR count). The molecule has 0 atom stereocenters. The standard InChI is InChI=1S/C22H22N4O/c1-4-9-26-15(2)10-18(16(26)3)11-19(13-23)22(27)25-20-12-17-7-5-6-8-21(17)24-14-20/h5-8,10-12,14H,4,9H2,1-3H3,(H,25,27)/b19-11+. The fourth-order valence-corrected chi connectivity index (χ4v) is 3.18. The van der Waals surface area contributed by atoms with Crippen molar-refractivity contribution in [3.63, 3.8) is 0 Å². The number of rotatable bonds is 5. The number of aromatic nitrogens is 2. The van der Waals surface area contributed by atoms with Crippen LogP contribution in [0, 0.1) is 25.2 Å². The smallest absolute Gasteiger partial charge is 0.266 e. The number of aryl methyl sites for hydroxylation is 1. The van der Waals surface area contributed by atoms with Gasteiger partial charge in [-0.25, -0.2) is 0 Å². The molecule has 5 heteroatoms. The number of amides is 1. The van der Waals surface area contributed by atoms with E-state index >= 15 is 0 Å². The highest BCUT2D eigenvalue weighted by atomic mass is 16.1. The van der Waals surface area contributed by atoms with Gasteiger partial charge in [0, 0.05) is 23.3 Å². The summed E-state index contributed by atoms with van der Waals surface area (Å²) in [4.78, 5) is 16.9. The second-order valence-corrected chi connectivity index (χ2v) is 6.52. The normalized spacial score (nSPS) is 11.4. The Morgan fingerprint density at radius 1 is 1.30 bits per heavy atom. The average Bonchev–Trinajstić information content (AvgIpc) is 2.93. The van der Waals surface area contributed by atoms with Crippen molar-refractivity contribution < 1.29 is 4.79 Å². The first-order valence-corrected chi connectivity index (χ1v) is 8.98. The van der Waals surface area contributed by atoms with Crippen LogP contribution in [-0.4, -0.2) is 15.5 Å². The molecule has 0 unspecified atom stereocenters. The molecule has 1 amide bonds. The minimum atomic E-state index is -0.435. The summed E-state index contributed by atoms with van der Waals surface area (Å²) in [6, 6.07) is 13.5. The number of carbonyl (C=O) groups is 1. The molecule has 0 radical (unpaired) electrons. The largest absolute Gasteiger partial charge is 0.349 e. The Morgan fingerprint density at radius 2 is 2.07 bits per heavy atom. The van der Waals surface area contributed by atoms with Crippen LogP contribution in [0.4, 0.5) is 5.69 Å². The first kappa shape index (κ1) is 18.4. The van der Waals surface area contributed by atoms with Gasteiger partial charge in [0.15, 0.2) is 0 Å². The quantitative estimate of drug-likeness (QED) is 0.535. The van der Waals surface area contributed by atoms with E-state index in [0.29, 0.717) is 5.69 Å². The minimum absolute atomic E-state index is 0.0694. The molecule has 0 aliphatic heterocycles. The van der Waals surface area contributed by atoms with Crippen molar-refractivity contribution in [2.45, 2.75) is 33.7 Å². The van der Waals surface area contributed by atoms with Crippen LogP contribution >= 0.6 is 0 Å². The second kappa shape index (κ2) is 7.88. The van der Waals surface area contributed by atoms with Crippen LogP contribution in [0.5, 0.6) is 0 Å². The van der Waals surface area contributed by atoms with Crippen molar-refractivity contribution in [2.24, 2.45) is 0 Å². The highest BCUT2D eigenvalue weighted by Gasteiger charge is 2.13. The van der Waals surface area contributed by atoms with Gasteiger partial charge < -0.3 is 9.88 Å². The predicted octanol–water partition coefficient (Wildman–Crippen LogP) is 4.61. The number of carbonyl (C=O) groups excluding carboxylic acids is 1. The number of anilines is 1. The number of benzene rings is 1. The lowest BCUT2D eigenvalue weighted by atomic mass is 10.1. The van der Waals surface area contributed by atoms with Crippen molar-refractivity contribution in [3.05, 3.63) is 65.1 Å². The molecule has 2 aromatic heterocycles. The van der Waals surface area contributed by atoms with Gasteiger partial charge in [0.05, 0.1) is 17.4 Å². The zero-order valence-electron chi connectivity index (χ0n) is 15.8. The van der Waals surface area contributed by atoms with E-state index in [1.807, 2.05) is 56.3 Å². The molecule has 1 aromatic carbocycles. The van der Waals surface area contributed by atoms with E-state index in [1.165, 1.54) is 0 Å². The molecule has 5 nitrogen and oxygen atoms in total. The van der Waals surface area contributed by atoms with E-state index in [4.69, 9.17) is 0 Å². The van der Waals surface area contributed by atoms with Crippen molar-refractivity contribution in [1.82, 2.24) is 9.55 Å². The molecular formula is C22H22N4O. The van der Waals surface area contributed by atoms with Crippen LogP contribution in [0.3, 0.4) is 0 Å². The molecule has 0 bridgehead atoms. The average molecular weight is 358 g/mol. The molecular weight excluding hydrogens is 336 g/mol. The number of hydrogen-bond donors (Lipinski definition) is 1. The number of nitrogens with one attached hydrogen (secondary N) is 1. The van der Waals surface area contributed by atoms with Gasteiger partial charge in [-0.05, 0) is 50.1 Å². The first-order valence-electron chi connectivity index (χ1n) is 8.98. The fraction of sp³-hybridized carbons (Fsp3) is 0.227. The zero-order valence-corrected chi connectivity index (χ0v) is 15.8. The Hall–Kier alpha value is -3.39. The molecule has 0 aliphatic rings. The Balaban J connectivity index is 1.86. The maximum absolute atomic E-state index is 12.6. The van der Waals surface area contributed by atoms with E-state index in [9.17, 15) is 10.1 Å². The lowest BCUT2D eigenvalue weighted by molar-refractivity contribution is -0.112. The van der Waals surface area contributed by atoms with Crippen LogP contribution in [0.25, 0.3) is 17.0 Å². The highest BCUT2D eigenvalue weighted by Crippen LogP contribution is 2.20. The number of nitriles is 1. The molecule has 2 heterocycles. The van der Waals surface area contributed by atoms with Gasteiger partial charge in [-0.3, -0.25) is 9.78 Å². The summed E-state index contributed by atoms with van der Waals surface area (Å²) in [5.41, 5.74) is 4.56. The van der Waals surface area contributed by atoms with Crippen LogP contribution < -0.4 is 5.32 Å². The summed E-state index contributed by atoms with van der Waals surface area (Å²) in [7, 11) is 0. The molecule has 0 fully saturated rings. The Labute approximate surface area is 159 Å². The summed E-state index contributed by atoms with van der Waals surface area (Å²) in [6.07, 6.45) is 4.28. The van der Waals surface area contributed by atoms with Crippen LogP contribution in [0.1, 0.15) is 30.3 Å². The van der Waals surface area contributed by atoms with E-state index in [2.05, 4.69) is 21.8 Å². The third-order valence-corrected chi connectivity index (χ3v) is 4.57. The molecule has 0 spiro atoms. The second-order valence-electron chi connectivity index (χ2n) is 6.52. The monoisotopic (exact) mass is 358 g/mol. The van der Waals surface area contributed by atoms with Crippen molar-refractivity contribution in [1.29, 1.82) is 5.26 Å². The van der Waals surface area contributed by atoms with E-state index in [0.717, 1.165) is 40.8 Å². The Kier molecular flexibility index (Phi) is 5.37. The van der Waals surface area contributed by atoms with E-state index in [1.54, 1.807) is 12.3 Å². The van der Waals surface area contributed by atoms with Gasteiger partial charge in [0.25, 0.3) is 5.91 Å². The fourth-order valence-electron chi connectivity index (χ4n) is 3.18. The molecule has 1 N–H and O–H groups in total. The Morgan fingerprint density at radius 3 is 2.81 bits per heavy atom. The molecule has 0 aliphatic carbocycles. The molecule has 0 saturated carbocycles. The predicted molar refractivity (Wildman–Crippen MR) is 108 cm³/mol. The third-order valence-electron chi connectivity index (χ3n) is 4.57.